The minimum Gasteiger partial charge on any atom is -0.375 e. The number of amides is 2. The van der Waals surface area contributed by atoms with Crippen molar-refractivity contribution in [2.75, 3.05) is 24.4 Å². The van der Waals surface area contributed by atoms with Gasteiger partial charge in [-0.15, -0.1) is 0 Å². The molecule has 0 spiro atoms. The molecule has 162 valence electrons. The summed E-state index contributed by atoms with van der Waals surface area (Å²) in [5.41, 5.74) is 1.02. The van der Waals surface area contributed by atoms with Gasteiger partial charge in [0.25, 0.3) is 0 Å². The predicted octanol–water partition coefficient (Wildman–Crippen LogP) is 2.98. The molecule has 30 heavy (non-hydrogen) atoms. The number of anilines is 2. The van der Waals surface area contributed by atoms with Crippen molar-refractivity contribution in [1.82, 2.24) is 4.72 Å². The van der Waals surface area contributed by atoms with E-state index in [-0.39, 0.29) is 23.3 Å². The van der Waals surface area contributed by atoms with Crippen LogP contribution in [0.2, 0.25) is 0 Å². The van der Waals surface area contributed by atoms with E-state index in [0.29, 0.717) is 11.4 Å². The van der Waals surface area contributed by atoms with Crippen molar-refractivity contribution in [3.05, 3.63) is 53.0 Å². The second-order valence-electron chi connectivity index (χ2n) is 6.84. The Morgan fingerprint density at radius 1 is 0.967 bits per heavy atom. The number of carbonyl (C=O) groups is 2. The van der Waals surface area contributed by atoms with Gasteiger partial charge in [0.15, 0.2) is 0 Å². The Morgan fingerprint density at radius 3 is 2.00 bits per heavy atom. The van der Waals surface area contributed by atoms with Crippen LogP contribution < -0.4 is 15.4 Å². The standard InChI is InChI=1S/C20H24BrN3O5S/c1-13(2)19(24-30(27,28)17-10-4-14(21)5-11-17)20(26)23-16-8-6-15(7-9-16)22-18(25)12-29-3/h4-11,13,19,24H,12H2,1-3H3,(H,22,25)(H,23,26)/t19-/m0/s1. The van der Waals surface area contributed by atoms with Crippen molar-refractivity contribution in [1.29, 1.82) is 0 Å². The van der Waals surface area contributed by atoms with Gasteiger partial charge < -0.3 is 15.4 Å². The van der Waals surface area contributed by atoms with E-state index in [1.54, 1.807) is 50.2 Å². The van der Waals surface area contributed by atoms with Gasteiger partial charge in [0.1, 0.15) is 12.6 Å². The van der Waals surface area contributed by atoms with Crippen molar-refractivity contribution < 1.29 is 22.7 Å². The molecule has 0 fully saturated rings. The summed E-state index contributed by atoms with van der Waals surface area (Å²) in [6, 6.07) is 11.6. The summed E-state index contributed by atoms with van der Waals surface area (Å²) in [5, 5.41) is 5.35. The Balaban J connectivity index is 2.08. The number of carbonyl (C=O) groups excluding carboxylic acids is 2. The van der Waals surface area contributed by atoms with Crippen molar-refractivity contribution >= 4 is 49.1 Å². The number of ether oxygens (including phenoxy) is 1. The summed E-state index contributed by atoms with van der Waals surface area (Å²) in [6.07, 6.45) is 0. The molecule has 2 aromatic carbocycles. The molecular weight excluding hydrogens is 474 g/mol. The predicted molar refractivity (Wildman–Crippen MR) is 119 cm³/mol. The minimum absolute atomic E-state index is 0.0624. The molecule has 0 aliphatic heterocycles. The van der Waals surface area contributed by atoms with E-state index in [2.05, 4.69) is 31.3 Å². The molecule has 8 nitrogen and oxygen atoms in total. The lowest BCUT2D eigenvalue weighted by atomic mass is 10.0. The minimum atomic E-state index is -3.88. The second-order valence-corrected chi connectivity index (χ2v) is 9.47. The maximum atomic E-state index is 12.7. The molecule has 3 N–H and O–H groups in total. The van der Waals surface area contributed by atoms with E-state index in [9.17, 15) is 18.0 Å². The highest BCUT2D eigenvalue weighted by atomic mass is 79.9. The highest BCUT2D eigenvalue weighted by Gasteiger charge is 2.28. The van der Waals surface area contributed by atoms with E-state index in [4.69, 9.17) is 4.74 Å². The normalized spacial score (nSPS) is 12.4. The number of halogens is 1. The fraction of sp³-hybridized carbons (Fsp3) is 0.300. The van der Waals surface area contributed by atoms with Crippen molar-refractivity contribution in [2.45, 2.75) is 24.8 Å². The molecule has 0 bridgehead atoms. The molecular formula is C20H24BrN3O5S. The maximum absolute atomic E-state index is 12.7. The van der Waals surface area contributed by atoms with Crippen LogP contribution in [0.25, 0.3) is 0 Å². The number of hydrogen-bond acceptors (Lipinski definition) is 5. The number of sulfonamides is 1. The van der Waals surface area contributed by atoms with Crippen LogP contribution >= 0.6 is 15.9 Å². The highest BCUT2D eigenvalue weighted by Crippen LogP contribution is 2.18. The summed E-state index contributed by atoms with van der Waals surface area (Å²) < 4.78 is 33.3. The molecule has 10 heteroatoms. The molecule has 0 aromatic heterocycles. The van der Waals surface area contributed by atoms with Crippen LogP contribution in [0.3, 0.4) is 0 Å². The molecule has 0 saturated carbocycles. The van der Waals surface area contributed by atoms with Crippen LogP contribution in [0.1, 0.15) is 13.8 Å². The Morgan fingerprint density at radius 2 is 1.50 bits per heavy atom. The number of rotatable bonds is 9. The van der Waals surface area contributed by atoms with Crippen molar-refractivity contribution in [3.8, 4) is 0 Å². The third-order valence-electron chi connectivity index (χ3n) is 4.07. The molecule has 0 aliphatic rings. The van der Waals surface area contributed by atoms with Gasteiger partial charge in [0.2, 0.25) is 21.8 Å². The topological polar surface area (TPSA) is 114 Å². The monoisotopic (exact) mass is 497 g/mol. The third kappa shape index (κ3) is 6.91. The van der Waals surface area contributed by atoms with E-state index in [0.717, 1.165) is 4.47 Å². The molecule has 1 atom stereocenters. The van der Waals surface area contributed by atoms with Gasteiger partial charge in [0, 0.05) is 23.0 Å². The first kappa shape index (κ1) is 24.0. The highest BCUT2D eigenvalue weighted by molar-refractivity contribution is 9.10. The molecule has 2 rings (SSSR count). The number of hydrogen-bond donors (Lipinski definition) is 3. The molecule has 0 unspecified atom stereocenters. The first-order valence-electron chi connectivity index (χ1n) is 9.10. The molecule has 0 radical (unpaired) electrons. The summed E-state index contributed by atoms with van der Waals surface area (Å²) >= 11 is 3.26. The van der Waals surface area contributed by atoms with Gasteiger partial charge in [-0.2, -0.15) is 4.72 Å². The summed E-state index contributed by atoms with van der Waals surface area (Å²) in [5.74, 6) is -1.07. The van der Waals surface area contributed by atoms with Crippen molar-refractivity contribution in [2.24, 2.45) is 5.92 Å². The van der Waals surface area contributed by atoms with Gasteiger partial charge in [-0.1, -0.05) is 29.8 Å². The van der Waals surface area contributed by atoms with Gasteiger partial charge in [-0.05, 0) is 54.4 Å². The zero-order valence-corrected chi connectivity index (χ0v) is 19.2. The SMILES string of the molecule is COCC(=O)Nc1ccc(NC(=O)[C@@H](NS(=O)(=O)c2ccc(Br)cc2)C(C)C)cc1. The lowest BCUT2D eigenvalue weighted by Crippen LogP contribution is -2.47. The van der Waals surface area contributed by atoms with Gasteiger partial charge >= 0.3 is 0 Å². The van der Waals surface area contributed by atoms with E-state index >= 15 is 0 Å². The summed E-state index contributed by atoms with van der Waals surface area (Å²) in [6.45, 7) is 3.44. The number of benzene rings is 2. The van der Waals surface area contributed by atoms with E-state index in [1.165, 1.54) is 19.2 Å². The van der Waals surface area contributed by atoms with Crippen LogP contribution in [-0.4, -0.2) is 40.0 Å². The molecule has 0 aliphatic carbocycles. The average molecular weight is 498 g/mol. The van der Waals surface area contributed by atoms with Crippen LogP contribution in [0.5, 0.6) is 0 Å². The summed E-state index contributed by atoms with van der Waals surface area (Å²) in [4.78, 5) is 24.3. The average Bonchev–Trinajstić information content (AvgIpc) is 2.68. The first-order valence-corrected chi connectivity index (χ1v) is 11.4. The fourth-order valence-corrected chi connectivity index (χ4v) is 4.13. The second kappa shape index (κ2) is 10.7. The molecule has 2 amide bonds. The van der Waals surface area contributed by atoms with Crippen LogP contribution in [0.15, 0.2) is 57.9 Å². The van der Waals surface area contributed by atoms with E-state index in [1.807, 2.05) is 0 Å². The number of nitrogens with one attached hydrogen (secondary N) is 3. The van der Waals surface area contributed by atoms with E-state index < -0.39 is 22.0 Å². The lowest BCUT2D eigenvalue weighted by molar-refractivity contribution is -0.120. The molecule has 2 aromatic rings. The largest absolute Gasteiger partial charge is 0.375 e. The van der Waals surface area contributed by atoms with Crippen LogP contribution in [0, 0.1) is 5.92 Å². The molecule has 0 saturated heterocycles. The fourth-order valence-electron chi connectivity index (χ4n) is 2.53. The summed E-state index contributed by atoms with van der Waals surface area (Å²) in [7, 11) is -2.45. The first-order chi connectivity index (χ1) is 14.1. The van der Waals surface area contributed by atoms with Crippen LogP contribution in [-0.2, 0) is 24.3 Å². The zero-order valence-electron chi connectivity index (χ0n) is 16.8. The maximum Gasteiger partial charge on any atom is 0.250 e. The molecule has 0 heterocycles. The quantitative estimate of drug-likeness (QED) is 0.492. The number of methoxy groups -OCH3 is 1. The smallest absolute Gasteiger partial charge is 0.250 e. The Hall–Kier alpha value is -2.27. The third-order valence-corrected chi connectivity index (χ3v) is 6.05. The lowest BCUT2D eigenvalue weighted by Gasteiger charge is -2.22. The Bertz CT molecular complexity index is 977. The Labute approximate surface area is 184 Å². The van der Waals surface area contributed by atoms with Gasteiger partial charge in [-0.25, -0.2) is 8.42 Å². The zero-order chi connectivity index (χ0) is 22.3. The Kier molecular flexibility index (Phi) is 8.54. The van der Waals surface area contributed by atoms with Gasteiger partial charge in [0.05, 0.1) is 4.90 Å². The van der Waals surface area contributed by atoms with Crippen LogP contribution in [0.4, 0.5) is 11.4 Å². The van der Waals surface area contributed by atoms with Crippen molar-refractivity contribution in [3.63, 3.8) is 0 Å². The van der Waals surface area contributed by atoms with Gasteiger partial charge in [-0.3, -0.25) is 9.59 Å².